The molecule has 3 aromatic carbocycles. The van der Waals surface area contributed by atoms with Gasteiger partial charge in [-0.2, -0.15) is 17.0 Å². The van der Waals surface area contributed by atoms with Crippen LogP contribution in [0, 0.1) is 25.2 Å². The zero-order chi connectivity index (χ0) is 27.5. The van der Waals surface area contributed by atoms with Gasteiger partial charge < -0.3 is 10.5 Å². The third kappa shape index (κ3) is 5.20. The molecular formula is C33H33N3O2S. The Kier molecular flexibility index (Phi) is 7.81. The molecule has 1 unspecified atom stereocenters. The summed E-state index contributed by atoms with van der Waals surface area (Å²) in [7, 11) is 1.63. The summed E-state index contributed by atoms with van der Waals surface area (Å²) in [5, 5.41) is 10.4. The molecule has 0 fully saturated rings. The van der Waals surface area contributed by atoms with Gasteiger partial charge in [-0.3, -0.25) is 9.69 Å². The third-order valence-corrected chi connectivity index (χ3v) is 8.68. The normalized spacial score (nSPS) is 17.2. The fourth-order valence-corrected chi connectivity index (χ4v) is 6.74. The van der Waals surface area contributed by atoms with Crippen LogP contribution < -0.4 is 15.4 Å². The van der Waals surface area contributed by atoms with Crippen molar-refractivity contribution in [2.45, 2.75) is 50.5 Å². The van der Waals surface area contributed by atoms with Crippen LogP contribution in [0.4, 0.5) is 5.69 Å². The minimum absolute atomic E-state index is 0.0981. The van der Waals surface area contributed by atoms with E-state index in [1.165, 1.54) is 11.1 Å². The third-order valence-electron chi connectivity index (χ3n) is 7.62. The lowest BCUT2D eigenvalue weighted by Gasteiger charge is -2.40. The number of benzene rings is 3. The monoisotopic (exact) mass is 535 g/mol. The standard InChI is InChI=1S/C33H33N3O2S/c1-21-16-24(20-39-19-23-8-5-4-6-9-23)22(2)27(17-21)31-28(18-34)33(35)36(25-12-14-26(38-3)15-13-25)29-10-7-11-30(37)32(29)31/h4-6,8-9,12-17,31H,7,10-11,19-20,35H2,1-3H3. The molecular weight excluding hydrogens is 502 g/mol. The lowest BCUT2D eigenvalue weighted by molar-refractivity contribution is -0.116. The first-order valence-corrected chi connectivity index (χ1v) is 14.4. The number of rotatable bonds is 7. The second-order valence-corrected chi connectivity index (χ2v) is 11.1. The van der Waals surface area contributed by atoms with Gasteiger partial charge in [0.05, 0.1) is 24.7 Å². The first-order valence-electron chi connectivity index (χ1n) is 13.2. The highest BCUT2D eigenvalue weighted by Crippen LogP contribution is 2.47. The molecule has 5 nitrogen and oxygen atoms in total. The highest BCUT2D eigenvalue weighted by molar-refractivity contribution is 7.97. The van der Waals surface area contributed by atoms with Crippen molar-refractivity contribution in [1.82, 2.24) is 0 Å². The van der Waals surface area contributed by atoms with Gasteiger partial charge in [-0.25, -0.2) is 0 Å². The molecule has 2 N–H and O–H groups in total. The molecule has 5 rings (SSSR count). The molecule has 0 saturated carbocycles. The summed E-state index contributed by atoms with van der Waals surface area (Å²) in [6.07, 6.45) is 1.98. The number of Topliss-reactive ketones (excluding diaryl/α,β-unsaturated/α-hetero) is 1. The number of nitrogens with zero attached hydrogens (tertiary/aromatic N) is 2. The van der Waals surface area contributed by atoms with Crippen LogP contribution in [0.2, 0.25) is 0 Å². The molecule has 2 aliphatic rings. The van der Waals surface area contributed by atoms with Crippen molar-refractivity contribution in [2.75, 3.05) is 12.0 Å². The van der Waals surface area contributed by atoms with Crippen LogP contribution in [0.3, 0.4) is 0 Å². The number of aryl methyl sites for hydroxylation is 1. The quantitative estimate of drug-likeness (QED) is 0.349. The van der Waals surface area contributed by atoms with Crippen molar-refractivity contribution in [3.8, 4) is 11.8 Å². The van der Waals surface area contributed by atoms with Crippen LogP contribution >= 0.6 is 11.8 Å². The van der Waals surface area contributed by atoms with Gasteiger partial charge in [0.15, 0.2) is 5.78 Å². The Morgan fingerprint density at radius 2 is 1.79 bits per heavy atom. The van der Waals surface area contributed by atoms with Gasteiger partial charge in [-0.15, -0.1) is 0 Å². The molecule has 6 heteroatoms. The van der Waals surface area contributed by atoms with Gasteiger partial charge >= 0.3 is 0 Å². The second-order valence-electron chi connectivity index (χ2n) is 10.1. The van der Waals surface area contributed by atoms with Crippen LogP contribution in [0.15, 0.2) is 89.4 Å². The van der Waals surface area contributed by atoms with Crippen molar-refractivity contribution < 1.29 is 9.53 Å². The molecule has 0 spiro atoms. The van der Waals surface area contributed by atoms with Gasteiger partial charge in [-0.05, 0) is 73.2 Å². The number of anilines is 1. The molecule has 1 aliphatic carbocycles. The van der Waals surface area contributed by atoms with E-state index in [2.05, 4.69) is 56.3 Å². The Morgan fingerprint density at radius 1 is 1.05 bits per heavy atom. The minimum atomic E-state index is -0.468. The Morgan fingerprint density at radius 3 is 2.49 bits per heavy atom. The van der Waals surface area contributed by atoms with E-state index in [9.17, 15) is 10.1 Å². The van der Waals surface area contributed by atoms with Crippen LogP contribution in [-0.4, -0.2) is 12.9 Å². The average molecular weight is 536 g/mol. The van der Waals surface area contributed by atoms with Crippen molar-refractivity contribution in [1.29, 1.82) is 5.26 Å². The predicted molar refractivity (Wildman–Crippen MR) is 158 cm³/mol. The maximum Gasteiger partial charge on any atom is 0.161 e. The zero-order valence-electron chi connectivity index (χ0n) is 22.7. The van der Waals surface area contributed by atoms with E-state index in [-0.39, 0.29) is 5.78 Å². The van der Waals surface area contributed by atoms with E-state index in [0.717, 1.165) is 58.2 Å². The molecule has 3 aromatic rings. The number of carbonyl (C=O) groups excluding carboxylic acids is 1. The maximum atomic E-state index is 13.6. The number of methoxy groups -OCH3 is 1. The Hall–Kier alpha value is -3.95. The van der Waals surface area contributed by atoms with Crippen LogP contribution in [0.5, 0.6) is 5.75 Å². The average Bonchev–Trinajstić information content (AvgIpc) is 2.95. The minimum Gasteiger partial charge on any atom is -0.497 e. The number of hydrogen-bond acceptors (Lipinski definition) is 6. The summed E-state index contributed by atoms with van der Waals surface area (Å²) in [6.45, 7) is 4.19. The number of nitriles is 1. The number of ether oxygens (including phenoxy) is 1. The highest BCUT2D eigenvalue weighted by Gasteiger charge is 2.41. The molecule has 0 aromatic heterocycles. The molecule has 1 aliphatic heterocycles. The van der Waals surface area contributed by atoms with E-state index in [0.29, 0.717) is 23.4 Å². The topological polar surface area (TPSA) is 79.3 Å². The SMILES string of the molecule is COc1ccc(N2C(N)=C(C#N)C(c3cc(C)cc(CSCc4ccccc4)c3C)C3=C2CCCC3=O)cc1. The van der Waals surface area contributed by atoms with Gasteiger partial charge in [0, 0.05) is 34.9 Å². The number of nitrogens with two attached hydrogens (primary N) is 1. The fraction of sp³-hybridized carbons (Fsp3) is 0.273. The lowest BCUT2D eigenvalue weighted by atomic mass is 9.73. The van der Waals surface area contributed by atoms with Crippen molar-refractivity contribution in [3.63, 3.8) is 0 Å². The second kappa shape index (κ2) is 11.4. The van der Waals surface area contributed by atoms with Gasteiger partial charge in [0.1, 0.15) is 11.6 Å². The number of hydrogen-bond donors (Lipinski definition) is 1. The largest absolute Gasteiger partial charge is 0.497 e. The lowest BCUT2D eigenvalue weighted by Crippen LogP contribution is -2.39. The number of thioether (sulfide) groups is 1. The molecule has 0 amide bonds. The smallest absolute Gasteiger partial charge is 0.161 e. The van der Waals surface area contributed by atoms with Crippen LogP contribution in [0.25, 0.3) is 0 Å². The Balaban J connectivity index is 1.58. The van der Waals surface area contributed by atoms with E-state index >= 15 is 0 Å². The van der Waals surface area contributed by atoms with Crippen molar-refractivity contribution in [3.05, 3.63) is 117 Å². The van der Waals surface area contributed by atoms with E-state index in [4.69, 9.17) is 10.5 Å². The van der Waals surface area contributed by atoms with E-state index in [1.54, 1.807) is 7.11 Å². The van der Waals surface area contributed by atoms with E-state index in [1.807, 2.05) is 47.0 Å². The molecule has 1 heterocycles. The summed E-state index contributed by atoms with van der Waals surface area (Å²) in [5.41, 5.74) is 15.4. The first-order chi connectivity index (χ1) is 18.9. The first kappa shape index (κ1) is 26.6. The maximum absolute atomic E-state index is 13.6. The molecule has 0 bridgehead atoms. The van der Waals surface area contributed by atoms with Crippen LogP contribution in [-0.2, 0) is 16.3 Å². The summed E-state index contributed by atoms with van der Waals surface area (Å²) in [4.78, 5) is 15.5. The number of ketones is 1. The Bertz CT molecular complexity index is 1500. The highest BCUT2D eigenvalue weighted by atomic mass is 32.2. The summed E-state index contributed by atoms with van der Waals surface area (Å²) in [6, 6.07) is 24.8. The zero-order valence-corrected chi connectivity index (χ0v) is 23.5. The molecule has 0 saturated heterocycles. The Labute approximate surface area is 235 Å². The van der Waals surface area contributed by atoms with E-state index < -0.39 is 5.92 Å². The predicted octanol–water partition coefficient (Wildman–Crippen LogP) is 7.05. The number of carbonyl (C=O) groups is 1. The molecule has 0 radical (unpaired) electrons. The fourth-order valence-electron chi connectivity index (χ4n) is 5.69. The van der Waals surface area contributed by atoms with Crippen LogP contribution in [0.1, 0.15) is 53.0 Å². The van der Waals surface area contributed by atoms with Gasteiger partial charge in [-0.1, -0.05) is 48.0 Å². The number of allylic oxidation sites excluding steroid dienone is 3. The van der Waals surface area contributed by atoms with Gasteiger partial charge in [0.2, 0.25) is 0 Å². The summed E-state index contributed by atoms with van der Waals surface area (Å²) < 4.78 is 5.33. The molecule has 198 valence electrons. The van der Waals surface area contributed by atoms with Crippen molar-refractivity contribution in [2.24, 2.45) is 5.73 Å². The van der Waals surface area contributed by atoms with Gasteiger partial charge in [0.25, 0.3) is 0 Å². The summed E-state index contributed by atoms with van der Waals surface area (Å²) in [5.74, 6) is 2.53. The molecule has 39 heavy (non-hydrogen) atoms. The summed E-state index contributed by atoms with van der Waals surface area (Å²) >= 11 is 1.87. The molecule has 1 atom stereocenters. The van der Waals surface area contributed by atoms with Crippen molar-refractivity contribution >= 4 is 23.2 Å².